The molecule has 0 saturated heterocycles. The van der Waals surface area contributed by atoms with Crippen molar-refractivity contribution in [2.24, 2.45) is 7.05 Å². The molecular formula is C9H11N3. The molecule has 62 valence electrons. The summed E-state index contributed by atoms with van der Waals surface area (Å²) in [5.41, 5.74) is 1.87. The smallest absolute Gasteiger partial charge is 0.0991 e. The Morgan fingerprint density at radius 3 is 2.67 bits per heavy atom. The molecular weight excluding hydrogens is 150 g/mol. The van der Waals surface area contributed by atoms with Crippen molar-refractivity contribution < 1.29 is 0 Å². The fourth-order valence-corrected chi connectivity index (χ4v) is 1.61. The van der Waals surface area contributed by atoms with E-state index in [0.29, 0.717) is 0 Å². The summed E-state index contributed by atoms with van der Waals surface area (Å²) in [6.07, 6.45) is 1.98. The molecule has 0 bridgehead atoms. The van der Waals surface area contributed by atoms with Crippen molar-refractivity contribution in [3.63, 3.8) is 0 Å². The number of nitrogens with zero attached hydrogens (tertiary/aromatic N) is 3. The molecule has 0 N–H and O–H groups in total. The van der Waals surface area contributed by atoms with Crippen LogP contribution in [0.15, 0.2) is 6.07 Å². The maximum absolute atomic E-state index is 8.95. The summed E-state index contributed by atoms with van der Waals surface area (Å²) in [5.74, 6) is 0. The molecule has 0 aromatic carbocycles. The largest absolute Gasteiger partial charge is 0.271 e. The topological polar surface area (TPSA) is 41.6 Å². The fraction of sp³-hybridized carbons (Fsp3) is 0.556. The number of aryl methyl sites for hydroxylation is 2. The molecule has 1 aromatic rings. The normalized spacial score (nSPS) is 18.8. The molecule has 1 aliphatic carbocycles. The van der Waals surface area contributed by atoms with Crippen LogP contribution in [0.1, 0.15) is 24.2 Å². The van der Waals surface area contributed by atoms with Crippen LogP contribution in [0.5, 0.6) is 0 Å². The molecule has 0 radical (unpaired) electrons. The first-order valence-electron chi connectivity index (χ1n) is 4.10. The lowest BCUT2D eigenvalue weighted by Crippen LogP contribution is -2.09. The summed E-state index contributed by atoms with van der Waals surface area (Å²) in [5, 5.41) is 13.2. The molecule has 3 heteroatoms. The molecule has 0 atom stereocenters. The van der Waals surface area contributed by atoms with E-state index >= 15 is 0 Å². The van der Waals surface area contributed by atoms with Gasteiger partial charge in [-0.05, 0) is 25.8 Å². The Labute approximate surface area is 71.6 Å². The van der Waals surface area contributed by atoms with Gasteiger partial charge in [0.1, 0.15) is 0 Å². The summed E-state index contributed by atoms with van der Waals surface area (Å²) in [4.78, 5) is 0. The lowest BCUT2D eigenvalue weighted by molar-refractivity contribution is 0.671. The Balaban J connectivity index is 2.48. The van der Waals surface area contributed by atoms with E-state index in [-0.39, 0.29) is 5.41 Å². The van der Waals surface area contributed by atoms with Crippen LogP contribution in [-0.2, 0) is 12.5 Å². The van der Waals surface area contributed by atoms with E-state index in [2.05, 4.69) is 11.2 Å². The first kappa shape index (κ1) is 7.35. The molecule has 3 nitrogen and oxygen atoms in total. The van der Waals surface area contributed by atoms with Crippen LogP contribution in [0.25, 0.3) is 0 Å². The van der Waals surface area contributed by atoms with Crippen LogP contribution in [0.3, 0.4) is 0 Å². The van der Waals surface area contributed by atoms with Crippen molar-refractivity contribution in [2.75, 3.05) is 0 Å². The quantitative estimate of drug-likeness (QED) is 0.622. The zero-order valence-corrected chi connectivity index (χ0v) is 7.33. The first-order valence-corrected chi connectivity index (χ1v) is 4.10. The molecule has 1 aromatic heterocycles. The minimum absolute atomic E-state index is 0.198. The summed E-state index contributed by atoms with van der Waals surface area (Å²) in [6, 6.07) is 4.37. The number of hydrogen-bond acceptors (Lipinski definition) is 2. The predicted molar refractivity (Wildman–Crippen MR) is 44.5 cm³/mol. The van der Waals surface area contributed by atoms with Crippen LogP contribution in [-0.4, -0.2) is 9.78 Å². The fourth-order valence-electron chi connectivity index (χ4n) is 1.61. The standard InChI is InChI=1S/C9H11N3/c1-7-5-8(12(2)11-7)9(6-10)3-4-9/h5H,3-4H2,1-2H3. The van der Waals surface area contributed by atoms with Gasteiger partial charge in [-0.2, -0.15) is 10.4 Å². The Morgan fingerprint density at radius 2 is 2.33 bits per heavy atom. The predicted octanol–water partition coefficient (Wildman–Crippen LogP) is 1.28. The molecule has 1 fully saturated rings. The van der Waals surface area contributed by atoms with Crippen LogP contribution in [0.4, 0.5) is 0 Å². The summed E-state index contributed by atoms with van der Waals surface area (Å²) in [6.45, 7) is 1.96. The van der Waals surface area contributed by atoms with E-state index < -0.39 is 0 Å². The van der Waals surface area contributed by atoms with Crippen molar-refractivity contribution in [3.05, 3.63) is 17.5 Å². The van der Waals surface area contributed by atoms with Gasteiger partial charge in [-0.25, -0.2) is 0 Å². The molecule has 0 unspecified atom stereocenters. The number of rotatable bonds is 1. The third kappa shape index (κ3) is 0.845. The van der Waals surface area contributed by atoms with Crippen molar-refractivity contribution >= 4 is 0 Å². The minimum Gasteiger partial charge on any atom is -0.271 e. The highest BCUT2D eigenvalue weighted by molar-refractivity contribution is 5.35. The summed E-state index contributed by atoms with van der Waals surface area (Å²) >= 11 is 0. The summed E-state index contributed by atoms with van der Waals surface area (Å²) < 4.78 is 1.82. The minimum atomic E-state index is -0.198. The second-order valence-electron chi connectivity index (χ2n) is 3.49. The third-order valence-electron chi connectivity index (χ3n) is 2.46. The van der Waals surface area contributed by atoms with Crippen LogP contribution in [0, 0.1) is 18.3 Å². The molecule has 0 amide bonds. The van der Waals surface area contributed by atoms with Crippen LogP contribution < -0.4 is 0 Å². The zero-order chi connectivity index (χ0) is 8.77. The molecule has 0 spiro atoms. The van der Waals surface area contributed by atoms with Gasteiger partial charge in [0, 0.05) is 7.05 Å². The molecule has 12 heavy (non-hydrogen) atoms. The van der Waals surface area contributed by atoms with E-state index in [1.165, 1.54) is 0 Å². The van der Waals surface area contributed by atoms with Crippen molar-refractivity contribution in [3.8, 4) is 6.07 Å². The maximum atomic E-state index is 8.95. The van der Waals surface area contributed by atoms with Gasteiger partial charge in [0.05, 0.1) is 22.9 Å². The zero-order valence-electron chi connectivity index (χ0n) is 7.33. The van der Waals surface area contributed by atoms with Gasteiger partial charge >= 0.3 is 0 Å². The Morgan fingerprint density at radius 1 is 1.67 bits per heavy atom. The van der Waals surface area contributed by atoms with Crippen LogP contribution >= 0.6 is 0 Å². The van der Waals surface area contributed by atoms with Crippen molar-refractivity contribution in [1.29, 1.82) is 5.26 Å². The van der Waals surface area contributed by atoms with E-state index in [1.54, 1.807) is 0 Å². The van der Waals surface area contributed by atoms with Gasteiger partial charge < -0.3 is 0 Å². The number of aromatic nitrogens is 2. The highest BCUT2D eigenvalue weighted by atomic mass is 15.3. The van der Waals surface area contributed by atoms with E-state index in [9.17, 15) is 0 Å². The van der Waals surface area contributed by atoms with Gasteiger partial charge in [0.2, 0.25) is 0 Å². The van der Waals surface area contributed by atoms with Gasteiger partial charge in [-0.15, -0.1) is 0 Å². The lowest BCUT2D eigenvalue weighted by atomic mass is 10.0. The van der Waals surface area contributed by atoms with Gasteiger partial charge in [-0.1, -0.05) is 0 Å². The third-order valence-corrected chi connectivity index (χ3v) is 2.46. The van der Waals surface area contributed by atoms with E-state index in [0.717, 1.165) is 24.2 Å². The SMILES string of the molecule is Cc1cc(C2(C#N)CC2)n(C)n1. The Bertz CT molecular complexity index is 352. The Kier molecular flexibility index (Phi) is 1.29. The molecule has 1 saturated carbocycles. The lowest BCUT2D eigenvalue weighted by Gasteiger charge is -2.04. The van der Waals surface area contributed by atoms with Gasteiger partial charge in [0.25, 0.3) is 0 Å². The second kappa shape index (κ2) is 2.10. The van der Waals surface area contributed by atoms with Gasteiger partial charge in [0.15, 0.2) is 0 Å². The van der Waals surface area contributed by atoms with Gasteiger partial charge in [-0.3, -0.25) is 4.68 Å². The molecule has 2 rings (SSSR count). The molecule has 1 aliphatic rings. The average Bonchev–Trinajstić information content (AvgIpc) is 2.74. The van der Waals surface area contributed by atoms with E-state index in [1.807, 2.05) is 24.7 Å². The van der Waals surface area contributed by atoms with Crippen molar-refractivity contribution in [1.82, 2.24) is 9.78 Å². The maximum Gasteiger partial charge on any atom is 0.0991 e. The highest BCUT2D eigenvalue weighted by Crippen LogP contribution is 2.47. The summed E-state index contributed by atoms with van der Waals surface area (Å²) in [7, 11) is 1.90. The Hall–Kier alpha value is -1.30. The molecule has 1 heterocycles. The molecule has 0 aliphatic heterocycles. The number of hydrogen-bond donors (Lipinski definition) is 0. The second-order valence-corrected chi connectivity index (χ2v) is 3.49. The highest BCUT2D eigenvalue weighted by Gasteiger charge is 2.47. The first-order chi connectivity index (χ1) is 5.68. The van der Waals surface area contributed by atoms with Crippen molar-refractivity contribution in [2.45, 2.75) is 25.2 Å². The van der Waals surface area contributed by atoms with E-state index in [4.69, 9.17) is 5.26 Å². The number of nitriles is 1. The van der Waals surface area contributed by atoms with Crippen LogP contribution in [0.2, 0.25) is 0 Å². The monoisotopic (exact) mass is 161 g/mol. The average molecular weight is 161 g/mol.